The zero-order chi connectivity index (χ0) is 14.7. The molecule has 0 aliphatic heterocycles. The van der Waals surface area contributed by atoms with Crippen molar-refractivity contribution in [2.45, 2.75) is 26.7 Å². The second-order valence-corrected chi connectivity index (χ2v) is 6.33. The summed E-state index contributed by atoms with van der Waals surface area (Å²) < 4.78 is 0. The second-order valence-electron chi connectivity index (χ2n) is 4.01. The minimum atomic E-state index is -0.493. The maximum atomic E-state index is 12.0. The van der Waals surface area contributed by atoms with Gasteiger partial charge in [0.25, 0.3) is 11.6 Å². The highest BCUT2D eigenvalue weighted by Crippen LogP contribution is 2.29. The lowest BCUT2D eigenvalue weighted by molar-refractivity contribution is -0.385. The first kappa shape index (κ1) is 14.5. The van der Waals surface area contributed by atoms with Gasteiger partial charge in [-0.25, -0.2) is 0 Å². The first-order chi connectivity index (χ1) is 9.51. The molecule has 2 aromatic rings. The Morgan fingerprint density at radius 3 is 2.80 bits per heavy atom. The minimum absolute atomic E-state index is 0.0379. The monoisotopic (exact) mass is 312 g/mol. The number of anilines is 1. The van der Waals surface area contributed by atoms with Crippen LogP contribution >= 0.6 is 22.7 Å². The number of aromatic nitrogens is 2. The van der Waals surface area contributed by atoms with Crippen molar-refractivity contribution in [3.8, 4) is 0 Å². The van der Waals surface area contributed by atoms with E-state index >= 15 is 0 Å². The van der Waals surface area contributed by atoms with Gasteiger partial charge >= 0.3 is 0 Å². The minimum Gasteiger partial charge on any atom is -0.296 e. The first-order valence-corrected chi connectivity index (χ1v) is 7.53. The number of nitrogens with zero attached hydrogens (tertiary/aromatic N) is 3. The predicted molar refractivity (Wildman–Crippen MR) is 77.6 cm³/mol. The van der Waals surface area contributed by atoms with Crippen molar-refractivity contribution >= 4 is 39.4 Å². The number of rotatable bonds is 5. The van der Waals surface area contributed by atoms with Crippen LogP contribution in [-0.4, -0.2) is 21.0 Å². The van der Waals surface area contributed by atoms with Crippen molar-refractivity contribution in [3.63, 3.8) is 0 Å². The Morgan fingerprint density at radius 1 is 1.45 bits per heavy atom. The fourth-order valence-corrected chi connectivity index (χ4v) is 3.26. The Morgan fingerprint density at radius 2 is 2.20 bits per heavy atom. The van der Waals surface area contributed by atoms with Crippen LogP contribution in [0.3, 0.4) is 0 Å². The molecule has 20 heavy (non-hydrogen) atoms. The molecule has 1 N–H and O–H groups in total. The Labute approximate surface area is 122 Å². The summed E-state index contributed by atoms with van der Waals surface area (Å²) in [6, 6.07) is 1.28. The molecule has 2 aromatic heterocycles. The van der Waals surface area contributed by atoms with E-state index in [9.17, 15) is 14.9 Å². The summed E-state index contributed by atoms with van der Waals surface area (Å²) in [7, 11) is 0. The van der Waals surface area contributed by atoms with E-state index in [0.717, 1.165) is 29.2 Å². The van der Waals surface area contributed by atoms with E-state index in [0.29, 0.717) is 14.9 Å². The van der Waals surface area contributed by atoms with Crippen LogP contribution in [0.15, 0.2) is 6.07 Å². The molecular formula is C11H12N4O3S2. The topological polar surface area (TPSA) is 98.0 Å². The number of thiophene rings is 1. The quantitative estimate of drug-likeness (QED) is 0.676. The fraction of sp³-hybridized carbons (Fsp3) is 0.364. The largest absolute Gasteiger partial charge is 0.296 e. The Bertz CT molecular complexity index is 650. The van der Waals surface area contributed by atoms with Crippen molar-refractivity contribution < 1.29 is 9.72 Å². The van der Waals surface area contributed by atoms with Crippen molar-refractivity contribution in [2.24, 2.45) is 0 Å². The van der Waals surface area contributed by atoms with Crippen LogP contribution in [-0.2, 0) is 6.42 Å². The second kappa shape index (κ2) is 6.06. The summed E-state index contributed by atoms with van der Waals surface area (Å²) in [5, 5.41) is 22.5. The summed E-state index contributed by atoms with van der Waals surface area (Å²) in [4.78, 5) is 23.0. The molecule has 106 valence electrons. The summed E-state index contributed by atoms with van der Waals surface area (Å²) in [6.45, 7) is 3.65. The number of nitro groups is 1. The molecule has 9 heteroatoms. The number of amides is 1. The standard InChI is InChI=1S/C11H12N4O3S2/c1-3-4-9-13-14-11(20-9)12-10(16)8-5-7(15(17)18)6(2)19-8/h5H,3-4H2,1-2H3,(H,12,14,16). The number of carbonyl (C=O) groups excluding carboxylic acids is 1. The molecule has 2 heterocycles. The molecule has 0 unspecified atom stereocenters. The van der Waals surface area contributed by atoms with Gasteiger partial charge in [0.15, 0.2) is 0 Å². The molecule has 1 amide bonds. The number of aryl methyl sites for hydroxylation is 2. The molecular weight excluding hydrogens is 300 g/mol. The molecule has 0 aromatic carbocycles. The number of nitrogens with one attached hydrogen (secondary N) is 1. The third kappa shape index (κ3) is 3.17. The molecule has 0 saturated heterocycles. The highest BCUT2D eigenvalue weighted by atomic mass is 32.1. The molecule has 7 nitrogen and oxygen atoms in total. The molecule has 0 bridgehead atoms. The third-order valence-corrected chi connectivity index (χ3v) is 4.40. The summed E-state index contributed by atoms with van der Waals surface area (Å²) in [5.41, 5.74) is -0.0379. The Balaban J connectivity index is 2.11. The summed E-state index contributed by atoms with van der Waals surface area (Å²) >= 11 is 2.40. The van der Waals surface area contributed by atoms with Gasteiger partial charge in [0, 0.05) is 12.5 Å². The zero-order valence-corrected chi connectivity index (χ0v) is 12.5. The van der Waals surface area contributed by atoms with Crippen LogP contribution < -0.4 is 5.32 Å². The highest BCUT2D eigenvalue weighted by Gasteiger charge is 2.20. The van der Waals surface area contributed by atoms with Gasteiger partial charge in [0.2, 0.25) is 5.13 Å². The van der Waals surface area contributed by atoms with Gasteiger partial charge in [-0.1, -0.05) is 18.3 Å². The molecule has 2 rings (SSSR count). The Hall–Kier alpha value is -1.87. The smallest absolute Gasteiger partial charge is 0.283 e. The molecule has 0 fully saturated rings. The first-order valence-electron chi connectivity index (χ1n) is 5.89. The van der Waals surface area contributed by atoms with Crippen LogP contribution in [0.2, 0.25) is 0 Å². The molecule has 0 aliphatic carbocycles. The number of hydrogen-bond acceptors (Lipinski definition) is 7. The fourth-order valence-electron chi connectivity index (χ4n) is 1.54. The van der Waals surface area contributed by atoms with Crippen LogP contribution in [0.4, 0.5) is 10.8 Å². The van der Waals surface area contributed by atoms with Gasteiger partial charge in [-0.15, -0.1) is 21.5 Å². The molecule has 0 radical (unpaired) electrons. The Kier molecular flexibility index (Phi) is 4.40. The van der Waals surface area contributed by atoms with E-state index in [1.807, 2.05) is 6.92 Å². The van der Waals surface area contributed by atoms with Gasteiger partial charge in [0.1, 0.15) is 5.01 Å². The average Bonchev–Trinajstić information content (AvgIpc) is 2.96. The lowest BCUT2D eigenvalue weighted by Crippen LogP contribution is -2.09. The van der Waals surface area contributed by atoms with Gasteiger partial charge in [-0.3, -0.25) is 20.2 Å². The van der Waals surface area contributed by atoms with Crippen molar-refractivity contribution in [1.82, 2.24) is 10.2 Å². The van der Waals surface area contributed by atoms with Crippen molar-refractivity contribution in [2.75, 3.05) is 5.32 Å². The van der Waals surface area contributed by atoms with E-state index in [4.69, 9.17) is 0 Å². The zero-order valence-electron chi connectivity index (χ0n) is 10.9. The van der Waals surface area contributed by atoms with E-state index in [-0.39, 0.29) is 5.69 Å². The lowest BCUT2D eigenvalue weighted by Gasteiger charge is -1.96. The van der Waals surface area contributed by atoms with Crippen LogP contribution in [0, 0.1) is 17.0 Å². The van der Waals surface area contributed by atoms with E-state index in [1.165, 1.54) is 17.4 Å². The summed E-state index contributed by atoms with van der Waals surface area (Å²) in [5.74, 6) is -0.398. The summed E-state index contributed by atoms with van der Waals surface area (Å²) in [6.07, 6.45) is 1.77. The molecule has 0 atom stereocenters. The maximum Gasteiger partial charge on any atom is 0.283 e. The van der Waals surface area contributed by atoms with Gasteiger partial charge < -0.3 is 0 Å². The number of carbonyl (C=O) groups is 1. The lowest BCUT2D eigenvalue weighted by atomic mass is 10.3. The van der Waals surface area contributed by atoms with Crippen LogP contribution in [0.5, 0.6) is 0 Å². The van der Waals surface area contributed by atoms with Gasteiger partial charge in [-0.05, 0) is 13.3 Å². The van der Waals surface area contributed by atoms with E-state index in [2.05, 4.69) is 15.5 Å². The van der Waals surface area contributed by atoms with Gasteiger partial charge in [-0.2, -0.15) is 0 Å². The molecule has 0 spiro atoms. The van der Waals surface area contributed by atoms with E-state index < -0.39 is 10.8 Å². The predicted octanol–water partition coefficient (Wildman–Crippen LogP) is 3.02. The third-order valence-electron chi connectivity index (χ3n) is 2.46. The van der Waals surface area contributed by atoms with Gasteiger partial charge in [0.05, 0.1) is 14.7 Å². The normalized spacial score (nSPS) is 10.5. The molecule has 0 saturated carbocycles. The van der Waals surface area contributed by atoms with Crippen LogP contribution in [0.25, 0.3) is 0 Å². The number of hydrogen-bond donors (Lipinski definition) is 1. The van der Waals surface area contributed by atoms with Crippen molar-refractivity contribution in [3.05, 3.63) is 30.9 Å². The maximum absolute atomic E-state index is 12.0. The van der Waals surface area contributed by atoms with E-state index in [1.54, 1.807) is 6.92 Å². The van der Waals surface area contributed by atoms with Crippen molar-refractivity contribution in [1.29, 1.82) is 0 Å². The molecule has 0 aliphatic rings. The SMILES string of the molecule is CCCc1nnc(NC(=O)c2cc([N+](=O)[O-])c(C)s2)s1. The average molecular weight is 312 g/mol. The van der Waals surface area contributed by atoms with Crippen LogP contribution in [0.1, 0.15) is 32.9 Å². The highest BCUT2D eigenvalue weighted by molar-refractivity contribution is 7.16.